The Morgan fingerprint density at radius 3 is 2.28 bits per heavy atom. The average molecular weight is 250 g/mol. The van der Waals surface area contributed by atoms with Gasteiger partial charge in [0.25, 0.3) is 0 Å². The Labute approximate surface area is 113 Å². The van der Waals surface area contributed by atoms with Gasteiger partial charge in [-0.3, -0.25) is 0 Å². The molecular formula is C16H30N2. The van der Waals surface area contributed by atoms with Gasteiger partial charge in [0, 0.05) is 6.04 Å². The molecule has 18 heavy (non-hydrogen) atoms. The lowest BCUT2D eigenvalue weighted by atomic mass is 9.80. The fourth-order valence-corrected chi connectivity index (χ4v) is 3.17. The minimum Gasteiger partial charge on any atom is -0.314 e. The van der Waals surface area contributed by atoms with Crippen molar-refractivity contribution in [1.29, 1.82) is 5.26 Å². The van der Waals surface area contributed by atoms with Crippen LogP contribution in [0, 0.1) is 28.6 Å². The molecule has 2 heteroatoms. The third-order valence-corrected chi connectivity index (χ3v) is 4.14. The number of nitrogens with one attached hydrogen (secondary N) is 1. The molecule has 0 aromatic carbocycles. The van der Waals surface area contributed by atoms with Crippen LogP contribution in [0.1, 0.15) is 66.2 Å². The summed E-state index contributed by atoms with van der Waals surface area (Å²) in [5.41, 5.74) is -0.145. The van der Waals surface area contributed by atoms with E-state index >= 15 is 0 Å². The summed E-state index contributed by atoms with van der Waals surface area (Å²) in [6.45, 7) is 9.93. The van der Waals surface area contributed by atoms with Gasteiger partial charge in [0.1, 0.15) is 0 Å². The third kappa shape index (κ3) is 5.87. The maximum atomic E-state index is 8.95. The summed E-state index contributed by atoms with van der Waals surface area (Å²) in [4.78, 5) is 0. The SMILES string of the molecule is CC1CC(C)CC(NCCCCC(C)(C)C#N)C1. The van der Waals surface area contributed by atoms with E-state index in [9.17, 15) is 0 Å². The van der Waals surface area contributed by atoms with Gasteiger partial charge in [-0.05, 0) is 64.3 Å². The van der Waals surface area contributed by atoms with Crippen LogP contribution in [0.2, 0.25) is 0 Å². The number of hydrogen-bond donors (Lipinski definition) is 1. The largest absolute Gasteiger partial charge is 0.314 e. The zero-order valence-electron chi connectivity index (χ0n) is 12.6. The first-order chi connectivity index (χ1) is 8.43. The maximum Gasteiger partial charge on any atom is 0.0683 e. The topological polar surface area (TPSA) is 35.8 Å². The smallest absolute Gasteiger partial charge is 0.0683 e. The number of unbranched alkanes of at least 4 members (excludes halogenated alkanes) is 1. The monoisotopic (exact) mass is 250 g/mol. The first kappa shape index (κ1) is 15.5. The molecule has 104 valence electrons. The van der Waals surface area contributed by atoms with Crippen LogP contribution in [0.4, 0.5) is 0 Å². The first-order valence-corrected chi connectivity index (χ1v) is 7.57. The molecular weight excluding hydrogens is 220 g/mol. The molecule has 0 radical (unpaired) electrons. The summed E-state index contributed by atoms with van der Waals surface area (Å²) in [7, 11) is 0. The van der Waals surface area contributed by atoms with Crippen LogP contribution in [0.25, 0.3) is 0 Å². The number of nitriles is 1. The summed E-state index contributed by atoms with van der Waals surface area (Å²) < 4.78 is 0. The van der Waals surface area contributed by atoms with Crippen molar-refractivity contribution >= 4 is 0 Å². The second kappa shape index (κ2) is 7.14. The zero-order valence-corrected chi connectivity index (χ0v) is 12.6. The fourth-order valence-electron chi connectivity index (χ4n) is 3.17. The van der Waals surface area contributed by atoms with Crippen LogP contribution in [-0.4, -0.2) is 12.6 Å². The molecule has 0 aliphatic heterocycles. The Balaban J connectivity index is 2.09. The van der Waals surface area contributed by atoms with E-state index in [1.54, 1.807) is 0 Å². The van der Waals surface area contributed by atoms with Gasteiger partial charge in [-0.25, -0.2) is 0 Å². The van der Waals surface area contributed by atoms with Crippen LogP contribution in [-0.2, 0) is 0 Å². The normalized spacial score (nSPS) is 28.9. The Hall–Kier alpha value is -0.550. The van der Waals surface area contributed by atoms with Gasteiger partial charge in [-0.15, -0.1) is 0 Å². The molecule has 0 spiro atoms. The van der Waals surface area contributed by atoms with Crippen molar-refractivity contribution in [3.05, 3.63) is 0 Å². The highest BCUT2D eigenvalue weighted by molar-refractivity contribution is 4.91. The predicted molar refractivity (Wildman–Crippen MR) is 77.2 cm³/mol. The lowest BCUT2D eigenvalue weighted by Crippen LogP contribution is -2.36. The molecule has 1 N–H and O–H groups in total. The second-order valence-corrected chi connectivity index (χ2v) is 7.02. The predicted octanol–water partition coefficient (Wildman–Crippen LogP) is 4.12. The van der Waals surface area contributed by atoms with Crippen LogP contribution in [0.15, 0.2) is 0 Å². The third-order valence-electron chi connectivity index (χ3n) is 4.14. The van der Waals surface area contributed by atoms with Gasteiger partial charge >= 0.3 is 0 Å². The zero-order chi connectivity index (χ0) is 13.6. The molecule has 1 aliphatic rings. The van der Waals surface area contributed by atoms with Crippen molar-refractivity contribution in [3.63, 3.8) is 0 Å². The van der Waals surface area contributed by atoms with Crippen molar-refractivity contribution in [2.24, 2.45) is 17.3 Å². The molecule has 1 rings (SSSR count). The van der Waals surface area contributed by atoms with E-state index in [1.807, 2.05) is 13.8 Å². The highest BCUT2D eigenvalue weighted by atomic mass is 14.9. The summed E-state index contributed by atoms with van der Waals surface area (Å²) in [6, 6.07) is 3.10. The molecule has 0 aromatic rings. The molecule has 2 unspecified atom stereocenters. The highest BCUT2D eigenvalue weighted by Gasteiger charge is 2.23. The van der Waals surface area contributed by atoms with Gasteiger partial charge < -0.3 is 5.32 Å². The summed E-state index contributed by atoms with van der Waals surface area (Å²) in [5, 5.41) is 12.7. The van der Waals surface area contributed by atoms with E-state index < -0.39 is 0 Å². The van der Waals surface area contributed by atoms with E-state index in [4.69, 9.17) is 5.26 Å². The molecule has 0 saturated heterocycles. The van der Waals surface area contributed by atoms with Crippen molar-refractivity contribution in [2.45, 2.75) is 72.3 Å². The van der Waals surface area contributed by atoms with Crippen LogP contribution in [0.5, 0.6) is 0 Å². The van der Waals surface area contributed by atoms with E-state index in [0.29, 0.717) is 0 Å². The minimum absolute atomic E-state index is 0.145. The Morgan fingerprint density at radius 2 is 1.72 bits per heavy atom. The Morgan fingerprint density at radius 1 is 1.11 bits per heavy atom. The molecule has 1 saturated carbocycles. The minimum atomic E-state index is -0.145. The van der Waals surface area contributed by atoms with Gasteiger partial charge in [0.2, 0.25) is 0 Å². The fraction of sp³-hybridized carbons (Fsp3) is 0.938. The van der Waals surface area contributed by atoms with Crippen molar-refractivity contribution in [1.82, 2.24) is 5.32 Å². The first-order valence-electron chi connectivity index (χ1n) is 7.57. The lowest BCUT2D eigenvalue weighted by molar-refractivity contribution is 0.238. The van der Waals surface area contributed by atoms with E-state index in [2.05, 4.69) is 25.2 Å². The standard InChI is InChI=1S/C16H30N2/c1-13-9-14(2)11-15(10-13)18-8-6-5-7-16(3,4)12-17/h13-15,18H,5-11H2,1-4H3. The molecule has 0 heterocycles. The average Bonchev–Trinajstić information content (AvgIpc) is 2.27. The number of hydrogen-bond acceptors (Lipinski definition) is 2. The van der Waals surface area contributed by atoms with Crippen molar-refractivity contribution in [2.75, 3.05) is 6.54 Å². The lowest BCUT2D eigenvalue weighted by Gasteiger charge is -2.32. The van der Waals surface area contributed by atoms with E-state index in [1.165, 1.54) is 25.7 Å². The van der Waals surface area contributed by atoms with Crippen LogP contribution in [0.3, 0.4) is 0 Å². The molecule has 2 atom stereocenters. The van der Waals surface area contributed by atoms with Gasteiger partial charge in [0.15, 0.2) is 0 Å². The Kier molecular flexibility index (Phi) is 6.15. The molecule has 1 aliphatic carbocycles. The molecule has 0 aromatic heterocycles. The highest BCUT2D eigenvalue weighted by Crippen LogP contribution is 2.28. The summed E-state index contributed by atoms with van der Waals surface area (Å²) >= 11 is 0. The van der Waals surface area contributed by atoms with Crippen LogP contribution < -0.4 is 5.32 Å². The maximum absolute atomic E-state index is 8.95. The van der Waals surface area contributed by atoms with Crippen molar-refractivity contribution in [3.8, 4) is 6.07 Å². The molecule has 0 bridgehead atoms. The molecule has 2 nitrogen and oxygen atoms in total. The van der Waals surface area contributed by atoms with Gasteiger partial charge in [-0.1, -0.05) is 20.3 Å². The van der Waals surface area contributed by atoms with E-state index in [0.717, 1.165) is 37.3 Å². The Bertz CT molecular complexity index is 267. The van der Waals surface area contributed by atoms with E-state index in [-0.39, 0.29) is 5.41 Å². The molecule has 0 amide bonds. The number of rotatable bonds is 6. The second-order valence-electron chi connectivity index (χ2n) is 7.02. The quantitative estimate of drug-likeness (QED) is 0.720. The summed E-state index contributed by atoms with van der Waals surface area (Å²) in [5.74, 6) is 1.76. The van der Waals surface area contributed by atoms with Crippen LogP contribution >= 0.6 is 0 Å². The number of nitrogens with zero attached hydrogens (tertiary/aromatic N) is 1. The molecule has 1 fully saturated rings. The van der Waals surface area contributed by atoms with Gasteiger partial charge in [-0.2, -0.15) is 5.26 Å². The summed E-state index contributed by atoms with van der Waals surface area (Å²) in [6.07, 6.45) is 7.45. The van der Waals surface area contributed by atoms with Crippen molar-refractivity contribution < 1.29 is 0 Å². The van der Waals surface area contributed by atoms with Gasteiger partial charge in [0.05, 0.1) is 11.5 Å².